The first kappa shape index (κ1) is 23.4. The Balaban J connectivity index is 1.63. The summed E-state index contributed by atoms with van der Waals surface area (Å²) in [5, 5.41) is -0.964. The molecule has 0 aromatic rings. The van der Waals surface area contributed by atoms with E-state index >= 15 is 0 Å². The van der Waals surface area contributed by atoms with Gasteiger partial charge in [0.1, 0.15) is 30.7 Å². The average molecular weight is 511 g/mol. The Kier molecular flexibility index (Phi) is 8.92. The van der Waals surface area contributed by atoms with E-state index in [0.717, 1.165) is 10.8 Å². The molecule has 3 saturated heterocycles. The van der Waals surface area contributed by atoms with Gasteiger partial charge in [0.25, 0.3) is 0 Å². The summed E-state index contributed by atoms with van der Waals surface area (Å²) in [6.45, 7) is 0. The van der Waals surface area contributed by atoms with Gasteiger partial charge in [-0.15, -0.1) is 12.8 Å². The van der Waals surface area contributed by atoms with Crippen molar-refractivity contribution in [1.29, 1.82) is 0 Å². The molecule has 0 saturated carbocycles. The fourth-order valence-corrected chi connectivity index (χ4v) is 11.2. The molecule has 3 aliphatic rings. The molecule has 152 valence electrons. The highest BCUT2D eigenvalue weighted by Gasteiger charge is 2.33. The van der Waals surface area contributed by atoms with Gasteiger partial charge in [0.05, 0.1) is 11.7 Å². The molecule has 0 aromatic carbocycles. The number of hydrogen-bond donors (Lipinski definition) is 0. The molecule has 5 nitrogen and oxygen atoms in total. The fraction of sp³-hybridized carbons (Fsp3) is 0.368. The van der Waals surface area contributed by atoms with Gasteiger partial charge in [0, 0.05) is 0 Å². The van der Waals surface area contributed by atoms with Crippen LogP contribution in [0.15, 0.2) is 0 Å². The molecule has 0 spiro atoms. The zero-order chi connectivity index (χ0) is 21.5. The lowest BCUT2D eigenvalue weighted by Crippen LogP contribution is -2.15. The van der Waals surface area contributed by atoms with Crippen molar-refractivity contribution in [2.45, 2.75) is 28.0 Å². The maximum atomic E-state index is 11.7. The molecule has 0 aliphatic carbocycles. The molecule has 9 unspecified atom stereocenters. The van der Waals surface area contributed by atoms with Gasteiger partial charge in [-0.3, -0.25) is 8.37 Å². The van der Waals surface area contributed by atoms with Crippen LogP contribution in [0.3, 0.4) is 0 Å². The second-order valence-corrected chi connectivity index (χ2v) is 14.7. The van der Waals surface area contributed by atoms with Gasteiger partial charge in [-0.25, -0.2) is 12.6 Å². The van der Waals surface area contributed by atoms with Gasteiger partial charge in [0.2, 0.25) is 10.1 Å². The standard InChI is InChI=1S/C19H10O5S6/c1-3-15-14(13-28(20)23-15)9-5-7-11-18-16(24-29(21)25-18)10-6-8-12-19-17(4-2)26-30(22)27-19/h1-2,14-19H,13H2. The van der Waals surface area contributed by atoms with Crippen LogP contribution in [0.2, 0.25) is 0 Å². The summed E-state index contributed by atoms with van der Waals surface area (Å²) in [7, 11) is 0.743. The monoisotopic (exact) mass is 510 g/mol. The van der Waals surface area contributed by atoms with E-state index in [1.54, 1.807) is 0 Å². The first-order valence-electron chi connectivity index (χ1n) is 8.02. The number of hydrogen-bond acceptors (Lipinski definition) is 8. The van der Waals surface area contributed by atoms with Crippen LogP contribution in [-0.4, -0.2) is 46.3 Å². The third kappa shape index (κ3) is 6.39. The third-order valence-corrected chi connectivity index (χ3v) is 12.3. The van der Waals surface area contributed by atoms with Gasteiger partial charge in [0.15, 0.2) is 17.2 Å². The SMILES string of the molecule is C#CC1OS(=O)CC1C#CC#CC1SS(=O)OC1C#CC#CC1SS(=O)SC1C#C. The van der Waals surface area contributed by atoms with Crippen molar-refractivity contribution in [3.63, 3.8) is 0 Å². The smallest absolute Gasteiger partial charge is 0.221 e. The number of rotatable bonds is 0. The van der Waals surface area contributed by atoms with Crippen LogP contribution >= 0.6 is 32.4 Å². The van der Waals surface area contributed by atoms with Crippen molar-refractivity contribution in [1.82, 2.24) is 0 Å². The Morgan fingerprint density at radius 2 is 1.40 bits per heavy atom. The Hall–Kier alpha value is -1.22. The second-order valence-electron chi connectivity index (χ2n) is 5.48. The summed E-state index contributed by atoms with van der Waals surface area (Å²) in [5.41, 5.74) is 0. The Bertz CT molecular complexity index is 1030. The molecule has 30 heavy (non-hydrogen) atoms. The van der Waals surface area contributed by atoms with E-state index in [9.17, 15) is 12.6 Å². The number of terminal acetylenes is 2. The van der Waals surface area contributed by atoms with E-state index in [2.05, 4.69) is 59.2 Å². The van der Waals surface area contributed by atoms with Crippen molar-refractivity contribution >= 4 is 62.4 Å². The normalized spacial score (nSPS) is 38.8. The summed E-state index contributed by atoms with van der Waals surface area (Å²) in [4.78, 5) is 0. The molecule has 3 heterocycles. The molecule has 0 bridgehead atoms. The largest absolute Gasteiger partial charge is 0.273 e. The zero-order valence-electron chi connectivity index (χ0n) is 14.8. The van der Waals surface area contributed by atoms with Crippen molar-refractivity contribution in [3.8, 4) is 72.1 Å². The topological polar surface area (TPSA) is 69.7 Å². The molecular formula is C19H10O5S6. The molecule has 9 atom stereocenters. The van der Waals surface area contributed by atoms with Crippen molar-refractivity contribution < 1.29 is 21.0 Å². The first-order chi connectivity index (χ1) is 14.5. The molecule has 11 heteroatoms. The van der Waals surface area contributed by atoms with E-state index < -0.39 is 47.5 Å². The highest BCUT2D eigenvalue weighted by Crippen LogP contribution is 2.41. The van der Waals surface area contributed by atoms with Crippen molar-refractivity contribution in [2.24, 2.45) is 5.92 Å². The minimum absolute atomic E-state index is 0.244. The van der Waals surface area contributed by atoms with E-state index in [0.29, 0.717) is 0 Å². The maximum absolute atomic E-state index is 11.7. The second kappa shape index (κ2) is 11.4. The van der Waals surface area contributed by atoms with Crippen LogP contribution < -0.4 is 0 Å². The van der Waals surface area contributed by atoms with Crippen LogP contribution in [0.5, 0.6) is 0 Å². The van der Waals surface area contributed by atoms with Crippen molar-refractivity contribution in [2.75, 3.05) is 5.75 Å². The lowest BCUT2D eigenvalue weighted by Gasteiger charge is -2.01. The van der Waals surface area contributed by atoms with Gasteiger partial charge < -0.3 is 0 Å². The van der Waals surface area contributed by atoms with E-state index in [4.69, 9.17) is 21.2 Å². The first-order valence-corrected chi connectivity index (χ1v) is 15.7. The molecule has 0 N–H and O–H groups in total. The van der Waals surface area contributed by atoms with Crippen LogP contribution in [0.4, 0.5) is 0 Å². The molecule has 0 radical (unpaired) electrons. The average Bonchev–Trinajstić information content (AvgIpc) is 3.38. The van der Waals surface area contributed by atoms with Crippen molar-refractivity contribution in [3.05, 3.63) is 0 Å². The predicted octanol–water partition coefficient (Wildman–Crippen LogP) is 0.820. The molecule has 3 aliphatic heterocycles. The van der Waals surface area contributed by atoms with Gasteiger partial charge >= 0.3 is 0 Å². The third-order valence-electron chi connectivity index (χ3n) is 3.53. The van der Waals surface area contributed by atoms with E-state index in [1.807, 2.05) is 0 Å². The summed E-state index contributed by atoms with van der Waals surface area (Å²) < 4.78 is 44.9. The highest BCUT2D eigenvalue weighted by atomic mass is 33.5. The minimum atomic E-state index is -1.57. The Morgan fingerprint density at radius 3 is 2.13 bits per heavy atom. The molecule has 3 fully saturated rings. The molecule has 0 aromatic heterocycles. The molecular weight excluding hydrogens is 501 g/mol. The Morgan fingerprint density at radius 1 is 0.733 bits per heavy atom. The lowest BCUT2D eigenvalue weighted by molar-refractivity contribution is 0.287. The summed E-state index contributed by atoms with van der Waals surface area (Å²) in [6, 6.07) is 0. The van der Waals surface area contributed by atoms with Crippen LogP contribution in [-0.2, 0) is 38.4 Å². The highest BCUT2D eigenvalue weighted by molar-refractivity contribution is 9.03. The van der Waals surface area contributed by atoms with Crippen LogP contribution in [0.25, 0.3) is 0 Å². The quantitative estimate of drug-likeness (QED) is 0.351. The van der Waals surface area contributed by atoms with E-state index in [-0.39, 0.29) is 22.2 Å². The molecule has 3 rings (SSSR count). The Labute approximate surface area is 194 Å². The van der Waals surface area contributed by atoms with Gasteiger partial charge in [-0.2, -0.15) is 0 Å². The van der Waals surface area contributed by atoms with Crippen LogP contribution in [0.1, 0.15) is 0 Å². The summed E-state index contributed by atoms with van der Waals surface area (Å²) in [5.74, 6) is 27.0. The molecule has 0 amide bonds. The predicted molar refractivity (Wildman–Crippen MR) is 125 cm³/mol. The summed E-state index contributed by atoms with van der Waals surface area (Å²) >= 11 is -1.43. The van der Waals surface area contributed by atoms with E-state index in [1.165, 1.54) is 21.6 Å². The van der Waals surface area contributed by atoms with Crippen LogP contribution in [0, 0.1) is 78.0 Å². The van der Waals surface area contributed by atoms with Gasteiger partial charge in [-0.1, -0.05) is 35.5 Å². The zero-order valence-corrected chi connectivity index (χ0v) is 19.7. The minimum Gasteiger partial charge on any atom is -0.273 e. The lowest BCUT2D eigenvalue weighted by atomic mass is 10.1. The van der Waals surface area contributed by atoms with Gasteiger partial charge in [-0.05, 0) is 56.1 Å². The summed E-state index contributed by atoms with van der Waals surface area (Å²) in [6.07, 6.45) is 9.42. The fourth-order valence-electron chi connectivity index (χ4n) is 2.17. The maximum Gasteiger partial charge on any atom is 0.221 e.